The van der Waals surface area contributed by atoms with Crippen LogP contribution in [0.3, 0.4) is 0 Å². The van der Waals surface area contributed by atoms with Crippen molar-refractivity contribution in [2.45, 2.75) is 37.2 Å². The van der Waals surface area contributed by atoms with Crippen LogP contribution in [-0.2, 0) is 16.0 Å². The van der Waals surface area contributed by atoms with Gasteiger partial charge in [-0.2, -0.15) is 5.26 Å². The van der Waals surface area contributed by atoms with Gasteiger partial charge in [0.2, 0.25) is 0 Å². The van der Waals surface area contributed by atoms with Gasteiger partial charge in [0.1, 0.15) is 17.3 Å². The zero-order valence-corrected chi connectivity index (χ0v) is 11.5. The number of nitriles is 1. The number of hydrogen-bond donors (Lipinski definition) is 0. The maximum absolute atomic E-state index is 11.4. The van der Waals surface area contributed by atoms with E-state index < -0.39 is 0 Å². The third-order valence-electron chi connectivity index (χ3n) is 2.92. The number of ether oxygens (including phenoxy) is 2. The van der Waals surface area contributed by atoms with E-state index in [1.165, 1.54) is 0 Å². The second-order valence-electron chi connectivity index (χ2n) is 4.25. The minimum Gasteiger partial charge on any atom is -0.490 e. The van der Waals surface area contributed by atoms with Crippen LogP contribution in [0, 0.1) is 10.7 Å². The molecule has 0 spiro atoms. The predicted molar refractivity (Wildman–Crippen MR) is 71.9 cm³/mol. The fraction of sp³-hybridized carbons (Fsp3) is 0.429. The van der Waals surface area contributed by atoms with E-state index in [0.717, 1.165) is 40.8 Å². The minimum absolute atomic E-state index is 0.110. The monoisotopic (exact) mass is 277 g/mol. The van der Waals surface area contributed by atoms with E-state index >= 15 is 0 Å². The number of thioether (sulfide) groups is 1. The van der Waals surface area contributed by atoms with Gasteiger partial charge in [0, 0.05) is 4.90 Å². The summed E-state index contributed by atoms with van der Waals surface area (Å²) in [7, 11) is 0. The van der Waals surface area contributed by atoms with E-state index in [1.54, 1.807) is 6.92 Å². The van der Waals surface area contributed by atoms with E-state index in [9.17, 15) is 4.79 Å². The molecule has 0 radical (unpaired) electrons. The molecule has 100 valence electrons. The number of carbonyl (C=O) groups is 1. The molecule has 1 aliphatic heterocycles. The summed E-state index contributed by atoms with van der Waals surface area (Å²) in [6, 6.07) is 5.70. The van der Waals surface area contributed by atoms with Crippen LogP contribution >= 0.6 is 11.8 Å². The second kappa shape index (κ2) is 6.48. The maximum Gasteiger partial charge on any atom is 0.309 e. The first-order valence-electron chi connectivity index (χ1n) is 6.24. The minimum atomic E-state index is -0.215. The highest BCUT2D eigenvalue weighted by Gasteiger charge is 2.23. The summed E-state index contributed by atoms with van der Waals surface area (Å²) in [6.07, 6.45) is 1.84. The van der Waals surface area contributed by atoms with Gasteiger partial charge in [-0.1, -0.05) is 0 Å². The molecule has 0 aromatic heterocycles. The van der Waals surface area contributed by atoms with Crippen molar-refractivity contribution in [2.75, 3.05) is 6.61 Å². The van der Waals surface area contributed by atoms with Crippen LogP contribution in [0.4, 0.5) is 0 Å². The number of hydrogen-bond acceptors (Lipinski definition) is 5. The third kappa shape index (κ3) is 3.65. The molecule has 1 aliphatic rings. The standard InChI is InChI=1S/C14H15NO3S/c1-2-17-14(16)8-11-4-3-10-7-12(19-9-15)5-6-13(10)18-11/h5-7,11H,2-4,8H2,1H3. The summed E-state index contributed by atoms with van der Waals surface area (Å²) in [5.74, 6) is 0.593. The van der Waals surface area contributed by atoms with E-state index in [-0.39, 0.29) is 12.1 Å². The molecular weight excluding hydrogens is 262 g/mol. The summed E-state index contributed by atoms with van der Waals surface area (Å²) < 4.78 is 10.7. The highest BCUT2D eigenvalue weighted by atomic mass is 32.2. The van der Waals surface area contributed by atoms with Crippen molar-refractivity contribution in [3.8, 4) is 11.2 Å². The molecule has 0 N–H and O–H groups in total. The number of fused-ring (bicyclic) bond motifs is 1. The van der Waals surface area contributed by atoms with Gasteiger partial charge in [0.05, 0.1) is 13.0 Å². The Morgan fingerprint density at radius 3 is 3.21 bits per heavy atom. The Bertz CT molecular complexity index is 510. The Morgan fingerprint density at radius 2 is 2.47 bits per heavy atom. The molecule has 0 fully saturated rings. The van der Waals surface area contributed by atoms with Gasteiger partial charge in [-0.25, -0.2) is 0 Å². The zero-order chi connectivity index (χ0) is 13.7. The molecule has 5 heteroatoms. The molecule has 19 heavy (non-hydrogen) atoms. The Labute approximate surface area is 116 Å². The fourth-order valence-electron chi connectivity index (χ4n) is 2.09. The van der Waals surface area contributed by atoms with Crippen molar-refractivity contribution in [1.82, 2.24) is 0 Å². The molecule has 1 aromatic rings. The fourth-order valence-corrected chi connectivity index (χ4v) is 2.53. The normalized spacial score (nSPS) is 16.9. The number of thiocyanates is 1. The maximum atomic E-state index is 11.4. The van der Waals surface area contributed by atoms with Crippen LogP contribution in [0.1, 0.15) is 25.3 Å². The first-order valence-corrected chi connectivity index (χ1v) is 7.05. The van der Waals surface area contributed by atoms with E-state index in [4.69, 9.17) is 14.7 Å². The Balaban J connectivity index is 2.00. The van der Waals surface area contributed by atoms with Crippen molar-refractivity contribution in [3.05, 3.63) is 23.8 Å². The lowest BCUT2D eigenvalue weighted by atomic mass is 10.0. The van der Waals surface area contributed by atoms with Crippen LogP contribution in [0.2, 0.25) is 0 Å². The van der Waals surface area contributed by atoms with Gasteiger partial charge in [-0.05, 0) is 55.3 Å². The number of benzene rings is 1. The Kier molecular flexibility index (Phi) is 4.69. The Hall–Kier alpha value is -1.67. The molecule has 0 aliphatic carbocycles. The van der Waals surface area contributed by atoms with E-state index in [2.05, 4.69) is 5.40 Å². The number of esters is 1. The smallest absolute Gasteiger partial charge is 0.309 e. The molecule has 4 nitrogen and oxygen atoms in total. The highest BCUT2D eigenvalue weighted by Crippen LogP contribution is 2.32. The molecule has 2 rings (SSSR count). The van der Waals surface area contributed by atoms with Gasteiger partial charge >= 0.3 is 5.97 Å². The molecular formula is C14H15NO3S. The lowest BCUT2D eigenvalue weighted by Gasteiger charge is -2.25. The largest absolute Gasteiger partial charge is 0.490 e. The molecule has 1 atom stereocenters. The van der Waals surface area contributed by atoms with Crippen molar-refractivity contribution in [2.24, 2.45) is 0 Å². The molecule has 1 unspecified atom stereocenters. The highest BCUT2D eigenvalue weighted by molar-refractivity contribution is 8.03. The summed E-state index contributed by atoms with van der Waals surface area (Å²) in [6.45, 7) is 2.19. The summed E-state index contributed by atoms with van der Waals surface area (Å²) in [5, 5.41) is 10.7. The first-order chi connectivity index (χ1) is 9.22. The zero-order valence-electron chi connectivity index (χ0n) is 10.7. The summed E-state index contributed by atoms with van der Waals surface area (Å²) in [4.78, 5) is 12.3. The van der Waals surface area contributed by atoms with Crippen LogP contribution in [-0.4, -0.2) is 18.7 Å². The lowest BCUT2D eigenvalue weighted by Crippen LogP contribution is -2.26. The SMILES string of the molecule is CCOC(=O)CC1CCc2cc(SC#N)ccc2O1. The van der Waals surface area contributed by atoms with Crippen LogP contribution in [0.15, 0.2) is 23.1 Å². The van der Waals surface area contributed by atoms with Crippen molar-refractivity contribution in [1.29, 1.82) is 5.26 Å². The van der Waals surface area contributed by atoms with Crippen molar-refractivity contribution < 1.29 is 14.3 Å². The summed E-state index contributed by atoms with van der Waals surface area (Å²) in [5.41, 5.74) is 1.10. The third-order valence-corrected chi connectivity index (χ3v) is 3.51. The average Bonchev–Trinajstić information content (AvgIpc) is 2.39. The Morgan fingerprint density at radius 1 is 1.63 bits per heavy atom. The van der Waals surface area contributed by atoms with Crippen LogP contribution in [0.5, 0.6) is 5.75 Å². The predicted octanol–water partition coefficient (Wildman–Crippen LogP) is 2.91. The average molecular weight is 277 g/mol. The molecule has 0 bridgehead atoms. The molecule has 1 aromatic carbocycles. The van der Waals surface area contributed by atoms with Gasteiger partial charge in [-0.15, -0.1) is 0 Å². The second-order valence-corrected chi connectivity index (χ2v) is 5.11. The number of aryl methyl sites for hydroxylation is 1. The topological polar surface area (TPSA) is 59.3 Å². The molecule has 0 saturated heterocycles. The van der Waals surface area contributed by atoms with E-state index in [1.807, 2.05) is 18.2 Å². The van der Waals surface area contributed by atoms with Crippen LogP contribution in [0.25, 0.3) is 0 Å². The quantitative estimate of drug-likeness (QED) is 0.481. The lowest BCUT2D eigenvalue weighted by molar-refractivity contribution is -0.145. The number of rotatable bonds is 4. The summed E-state index contributed by atoms with van der Waals surface area (Å²) >= 11 is 1.14. The number of nitrogens with zero attached hydrogens (tertiary/aromatic N) is 1. The van der Waals surface area contributed by atoms with E-state index in [0.29, 0.717) is 13.0 Å². The molecule has 0 amide bonds. The number of carbonyl (C=O) groups excluding carboxylic acids is 1. The first kappa shape index (κ1) is 13.8. The molecule has 1 heterocycles. The van der Waals surface area contributed by atoms with Gasteiger partial charge in [0.25, 0.3) is 0 Å². The van der Waals surface area contributed by atoms with Gasteiger partial charge in [-0.3, -0.25) is 4.79 Å². The van der Waals surface area contributed by atoms with Crippen molar-refractivity contribution >= 4 is 17.7 Å². The van der Waals surface area contributed by atoms with Gasteiger partial charge < -0.3 is 9.47 Å². The van der Waals surface area contributed by atoms with Crippen LogP contribution < -0.4 is 4.74 Å². The molecule has 0 saturated carbocycles. The van der Waals surface area contributed by atoms with Gasteiger partial charge in [0.15, 0.2) is 0 Å². The van der Waals surface area contributed by atoms with Crippen molar-refractivity contribution in [3.63, 3.8) is 0 Å².